The summed E-state index contributed by atoms with van der Waals surface area (Å²) in [6.45, 7) is 13.1. The molecule has 1 unspecified atom stereocenters. The van der Waals surface area contributed by atoms with Crippen LogP contribution < -0.4 is 5.32 Å². The summed E-state index contributed by atoms with van der Waals surface area (Å²) in [5.74, 6) is 0. The molecule has 0 amide bonds. The Kier molecular flexibility index (Phi) is 3.10. The van der Waals surface area contributed by atoms with Gasteiger partial charge in [0.2, 0.25) is 0 Å². The molecule has 1 N–H and O–H groups in total. The van der Waals surface area contributed by atoms with Gasteiger partial charge in [0.15, 0.2) is 0 Å². The average molecular weight is 177 g/mol. The monoisotopic (exact) mass is 177 g/mol. The first kappa shape index (κ1) is 10.3. The van der Waals surface area contributed by atoms with Gasteiger partial charge >= 0.3 is 0 Å². The lowest BCUT2D eigenvalue weighted by molar-refractivity contribution is 0.498. The van der Waals surface area contributed by atoms with Crippen LogP contribution in [0.25, 0.3) is 0 Å². The van der Waals surface area contributed by atoms with Crippen LogP contribution in [0.5, 0.6) is 0 Å². The summed E-state index contributed by atoms with van der Waals surface area (Å²) in [6, 6.07) is 0. The molecule has 0 spiro atoms. The van der Waals surface area contributed by atoms with E-state index in [1.54, 1.807) is 0 Å². The molecule has 1 atom stereocenters. The fraction of sp³-hybridized carbons (Fsp3) is 0.500. The van der Waals surface area contributed by atoms with Crippen LogP contribution in [0, 0.1) is 0 Å². The second-order valence-corrected chi connectivity index (χ2v) is 4.01. The van der Waals surface area contributed by atoms with E-state index in [4.69, 9.17) is 0 Å². The van der Waals surface area contributed by atoms with E-state index in [1.807, 2.05) is 13.0 Å². The molecule has 0 radical (unpaired) electrons. The minimum Gasteiger partial charge on any atom is -0.308 e. The molecule has 13 heavy (non-hydrogen) atoms. The molecule has 0 saturated carbocycles. The topological polar surface area (TPSA) is 12.0 Å². The quantitative estimate of drug-likeness (QED) is 0.654. The fourth-order valence-electron chi connectivity index (χ4n) is 1.85. The van der Waals surface area contributed by atoms with Crippen molar-refractivity contribution < 1.29 is 0 Å². The molecule has 0 aromatic rings. The van der Waals surface area contributed by atoms with Crippen molar-refractivity contribution in [3.8, 4) is 0 Å². The van der Waals surface area contributed by atoms with Crippen molar-refractivity contribution in [2.75, 3.05) is 6.54 Å². The van der Waals surface area contributed by atoms with Crippen LogP contribution in [0.1, 0.15) is 26.7 Å². The summed E-state index contributed by atoms with van der Waals surface area (Å²) in [6.07, 6.45) is 6.49. The van der Waals surface area contributed by atoms with Crippen molar-refractivity contribution >= 4 is 0 Å². The zero-order valence-electron chi connectivity index (χ0n) is 8.69. The van der Waals surface area contributed by atoms with Gasteiger partial charge in [0.25, 0.3) is 0 Å². The zero-order valence-corrected chi connectivity index (χ0v) is 8.69. The average Bonchev–Trinajstić information content (AvgIpc) is 2.48. The Morgan fingerprint density at radius 2 is 2.23 bits per heavy atom. The minimum absolute atomic E-state index is 0.126. The molecule has 0 bridgehead atoms. The highest BCUT2D eigenvalue weighted by atomic mass is 15.0. The van der Waals surface area contributed by atoms with Crippen molar-refractivity contribution in [3.63, 3.8) is 0 Å². The van der Waals surface area contributed by atoms with Gasteiger partial charge in [0.1, 0.15) is 0 Å². The molecule has 1 nitrogen and oxygen atoms in total. The van der Waals surface area contributed by atoms with Crippen LogP contribution in [-0.2, 0) is 0 Å². The van der Waals surface area contributed by atoms with Crippen molar-refractivity contribution in [3.05, 3.63) is 36.5 Å². The first-order valence-corrected chi connectivity index (χ1v) is 4.83. The third kappa shape index (κ3) is 2.31. The minimum atomic E-state index is 0.126. The normalized spacial score (nSPS) is 28.9. The Hall–Kier alpha value is -0.820. The third-order valence-electron chi connectivity index (χ3n) is 2.63. The Labute approximate surface area is 81.2 Å². The second kappa shape index (κ2) is 3.93. The van der Waals surface area contributed by atoms with Crippen LogP contribution >= 0.6 is 0 Å². The molecule has 0 aromatic heterocycles. The van der Waals surface area contributed by atoms with E-state index in [1.165, 1.54) is 18.4 Å². The zero-order chi connectivity index (χ0) is 9.90. The van der Waals surface area contributed by atoms with Crippen molar-refractivity contribution in [1.29, 1.82) is 0 Å². The van der Waals surface area contributed by atoms with Gasteiger partial charge in [-0.1, -0.05) is 30.9 Å². The van der Waals surface area contributed by atoms with Gasteiger partial charge in [-0.25, -0.2) is 0 Å². The highest BCUT2D eigenvalue weighted by molar-refractivity contribution is 5.35. The summed E-state index contributed by atoms with van der Waals surface area (Å²) in [4.78, 5) is 0. The maximum Gasteiger partial charge on any atom is 0.0406 e. The number of allylic oxidation sites excluding steroid dienone is 2. The molecular weight excluding hydrogens is 158 g/mol. The van der Waals surface area contributed by atoms with E-state index in [0.717, 1.165) is 12.1 Å². The van der Waals surface area contributed by atoms with Gasteiger partial charge in [0, 0.05) is 5.54 Å². The van der Waals surface area contributed by atoms with Crippen LogP contribution in [-0.4, -0.2) is 12.1 Å². The van der Waals surface area contributed by atoms with Crippen LogP contribution in [0.2, 0.25) is 0 Å². The summed E-state index contributed by atoms with van der Waals surface area (Å²) < 4.78 is 0. The summed E-state index contributed by atoms with van der Waals surface area (Å²) in [7, 11) is 0. The number of hydrogen-bond acceptors (Lipinski definition) is 1. The number of nitrogens with one attached hydrogen (secondary N) is 1. The molecule has 1 heteroatoms. The van der Waals surface area contributed by atoms with Gasteiger partial charge in [-0.3, -0.25) is 0 Å². The number of hydrogen-bond donors (Lipinski definition) is 1. The third-order valence-corrected chi connectivity index (χ3v) is 2.63. The molecule has 1 saturated heterocycles. The summed E-state index contributed by atoms with van der Waals surface area (Å²) in [5, 5.41) is 3.51. The maximum absolute atomic E-state index is 3.89. The van der Waals surface area contributed by atoms with Crippen LogP contribution in [0.15, 0.2) is 36.5 Å². The van der Waals surface area contributed by atoms with Gasteiger partial charge < -0.3 is 5.32 Å². The van der Waals surface area contributed by atoms with Crippen LogP contribution in [0.3, 0.4) is 0 Å². The van der Waals surface area contributed by atoms with E-state index >= 15 is 0 Å². The van der Waals surface area contributed by atoms with E-state index in [2.05, 4.69) is 31.5 Å². The lowest BCUT2D eigenvalue weighted by atomic mass is 9.89. The Morgan fingerprint density at radius 3 is 2.62 bits per heavy atom. The molecule has 0 aliphatic carbocycles. The SMILES string of the molecule is C=C/C(=C\C(=C)C)C1(C)CCCN1. The van der Waals surface area contributed by atoms with Gasteiger partial charge in [-0.05, 0) is 38.8 Å². The molecule has 0 aromatic carbocycles. The van der Waals surface area contributed by atoms with Crippen LogP contribution in [0.4, 0.5) is 0 Å². The molecule has 1 heterocycles. The van der Waals surface area contributed by atoms with E-state index in [9.17, 15) is 0 Å². The Balaban J connectivity index is 2.87. The van der Waals surface area contributed by atoms with Crippen molar-refractivity contribution in [1.82, 2.24) is 5.32 Å². The molecule has 1 fully saturated rings. The molecular formula is C12H19N. The fourth-order valence-corrected chi connectivity index (χ4v) is 1.85. The van der Waals surface area contributed by atoms with Gasteiger partial charge in [-0.15, -0.1) is 0 Å². The second-order valence-electron chi connectivity index (χ2n) is 4.01. The largest absolute Gasteiger partial charge is 0.308 e. The Morgan fingerprint density at radius 1 is 1.54 bits per heavy atom. The molecule has 72 valence electrons. The van der Waals surface area contributed by atoms with Gasteiger partial charge in [-0.2, -0.15) is 0 Å². The first-order valence-electron chi connectivity index (χ1n) is 4.83. The molecule has 1 aliphatic rings. The highest BCUT2D eigenvalue weighted by Gasteiger charge is 2.30. The number of rotatable bonds is 3. The maximum atomic E-state index is 3.89. The molecule has 1 aliphatic heterocycles. The van der Waals surface area contributed by atoms with Crippen molar-refractivity contribution in [2.45, 2.75) is 32.2 Å². The Bertz CT molecular complexity index is 242. The summed E-state index contributed by atoms with van der Waals surface area (Å²) >= 11 is 0. The highest BCUT2D eigenvalue weighted by Crippen LogP contribution is 2.28. The van der Waals surface area contributed by atoms with Crippen molar-refractivity contribution in [2.24, 2.45) is 0 Å². The van der Waals surface area contributed by atoms with Gasteiger partial charge in [0.05, 0.1) is 0 Å². The lowest BCUT2D eigenvalue weighted by Gasteiger charge is -2.26. The first-order chi connectivity index (χ1) is 6.08. The predicted octanol–water partition coefficient (Wildman–Crippen LogP) is 2.82. The molecule has 1 rings (SSSR count). The lowest BCUT2D eigenvalue weighted by Crippen LogP contribution is -2.37. The van der Waals surface area contributed by atoms with E-state index in [0.29, 0.717) is 0 Å². The van der Waals surface area contributed by atoms with E-state index < -0.39 is 0 Å². The predicted molar refractivity (Wildman–Crippen MR) is 58.7 cm³/mol. The summed E-state index contributed by atoms with van der Waals surface area (Å²) in [5.41, 5.74) is 2.48. The standard InChI is InChI=1S/C12H19N/c1-5-11(9-10(2)3)12(4)7-6-8-13-12/h5,9,13H,1-2,6-8H2,3-4H3/b11-9+. The van der Waals surface area contributed by atoms with E-state index in [-0.39, 0.29) is 5.54 Å². The smallest absolute Gasteiger partial charge is 0.0406 e.